The summed E-state index contributed by atoms with van der Waals surface area (Å²) >= 11 is 1.85. The summed E-state index contributed by atoms with van der Waals surface area (Å²) in [4.78, 5) is 28.2. The Morgan fingerprint density at radius 3 is 3.05 bits per heavy atom. The van der Waals surface area contributed by atoms with Crippen LogP contribution in [0, 0.1) is 0 Å². The molecule has 1 aromatic heterocycles. The van der Waals surface area contributed by atoms with Gasteiger partial charge in [0.2, 0.25) is 5.56 Å². The summed E-state index contributed by atoms with van der Waals surface area (Å²) in [5, 5.41) is 0. The minimum atomic E-state index is -0.252. The molecule has 1 aliphatic heterocycles. The smallest absolute Gasteiger partial charge is 0.270 e. The molecule has 1 fully saturated rings. The highest BCUT2D eigenvalue weighted by atomic mass is 32.2. The lowest BCUT2D eigenvalue weighted by Gasteiger charge is -2.28. The number of carbonyl (C=O) groups is 1. The van der Waals surface area contributed by atoms with Gasteiger partial charge in [-0.1, -0.05) is 6.07 Å². The van der Waals surface area contributed by atoms with Crippen molar-refractivity contribution in [2.75, 3.05) is 31.8 Å². The van der Waals surface area contributed by atoms with Gasteiger partial charge in [-0.2, -0.15) is 11.8 Å². The largest absolute Gasteiger partial charge is 0.383 e. The lowest BCUT2D eigenvalue weighted by molar-refractivity contribution is 0.0618. The number of methoxy groups -OCH3 is 1. The standard InChI is InChI=1S/C13H18N2O3S/c1-18-7-6-15(10-5-8-19-9-10)13(17)11-3-2-4-12(16)14-11/h2-4,10H,5-9H2,1H3,(H,14,16). The molecule has 0 spiro atoms. The predicted molar refractivity (Wildman–Crippen MR) is 75.7 cm³/mol. The van der Waals surface area contributed by atoms with Crippen LogP contribution in [0.1, 0.15) is 16.9 Å². The molecule has 0 radical (unpaired) electrons. The number of rotatable bonds is 5. The molecule has 1 amide bonds. The maximum absolute atomic E-state index is 12.5. The number of aromatic nitrogens is 1. The van der Waals surface area contributed by atoms with E-state index in [2.05, 4.69) is 4.98 Å². The molecule has 19 heavy (non-hydrogen) atoms. The number of hydrogen-bond donors (Lipinski definition) is 1. The van der Waals surface area contributed by atoms with Crippen LogP contribution >= 0.6 is 11.8 Å². The summed E-state index contributed by atoms with van der Waals surface area (Å²) in [6.45, 7) is 1.06. The molecule has 1 saturated heterocycles. The van der Waals surface area contributed by atoms with Crippen molar-refractivity contribution in [1.82, 2.24) is 9.88 Å². The topological polar surface area (TPSA) is 62.4 Å². The van der Waals surface area contributed by atoms with Crippen molar-refractivity contribution in [2.45, 2.75) is 12.5 Å². The van der Waals surface area contributed by atoms with E-state index in [1.54, 1.807) is 19.2 Å². The van der Waals surface area contributed by atoms with Crippen LogP contribution in [0.5, 0.6) is 0 Å². The maximum atomic E-state index is 12.5. The molecular weight excluding hydrogens is 264 g/mol. The van der Waals surface area contributed by atoms with Crippen molar-refractivity contribution in [3.05, 3.63) is 34.2 Å². The fourth-order valence-corrected chi connectivity index (χ4v) is 3.36. The Bertz CT molecular complexity index is 483. The minimum Gasteiger partial charge on any atom is -0.383 e. The number of nitrogens with one attached hydrogen (secondary N) is 1. The second-order valence-corrected chi connectivity index (χ2v) is 5.59. The fourth-order valence-electron chi connectivity index (χ4n) is 2.13. The van der Waals surface area contributed by atoms with Crippen LogP contribution in [-0.4, -0.2) is 53.6 Å². The molecule has 1 aromatic rings. The zero-order valence-electron chi connectivity index (χ0n) is 10.9. The maximum Gasteiger partial charge on any atom is 0.270 e. The molecule has 104 valence electrons. The van der Waals surface area contributed by atoms with E-state index in [1.807, 2.05) is 16.7 Å². The highest BCUT2D eigenvalue weighted by Gasteiger charge is 2.27. The van der Waals surface area contributed by atoms with E-state index in [9.17, 15) is 9.59 Å². The van der Waals surface area contributed by atoms with Gasteiger partial charge in [0.05, 0.1) is 6.61 Å². The van der Waals surface area contributed by atoms with E-state index in [0.717, 1.165) is 17.9 Å². The van der Waals surface area contributed by atoms with Crippen LogP contribution < -0.4 is 5.56 Å². The zero-order chi connectivity index (χ0) is 13.7. The Morgan fingerprint density at radius 1 is 1.58 bits per heavy atom. The highest BCUT2D eigenvalue weighted by molar-refractivity contribution is 7.99. The number of pyridine rings is 1. The monoisotopic (exact) mass is 282 g/mol. The third-order valence-electron chi connectivity index (χ3n) is 3.14. The number of H-pyrrole nitrogens is 1. The van der Waals surface area contributed by atoms with Crippen molar-refractivity contribution < 1.29 is 9.53 Å². The van der Waals surface area contributed by atoms with Gasteiger partial charge in [0.25, 0.3) is 5.91 Å². The molecule has 2 rings (SSSR count). The minimum absolute atomic E-state index is 0.123. The Balaban J connectivity index is 2.16. The molecule has 1 atom stereocenters. The molecule has 0 aromatic carbocycles. The van der Waals surface area contributed by atoms with Gasteiger partial charge in [0.15, 0.2) is 0 Å². The van der Waals surface area contributed by atoms with Gasteiger partial charge in [-0.3, -0.25) is 9.59 Å². The normalized spacial score (nSPS) is 18.5. The summed E-state index contributed by atoms with van der Waals surface area (Å²) in [6.07, 6.45) is 0.997. The highest BCUT2D eigenvalue weighted by Crippen LogP contribution is 2.23. The van der Waals surface area contributed by atoms with Crippen molar-refractivity contribution >= 4 is 17.7 Å². The van der Waals surface area contributed by atoms with Crippen LogP contribution in [0.2, 0.25) is 0 Å². The second-order valence-electron chi connectivity index (χ2n) is 4.44. The first-order chi connectivity index (χ1) is 9.22. The van der Waals surface area contributed by atoms with Crippen LogP contribution in [0.3, 0.4) is 0 Å². The van der Waals surface area contributed by atoms with Gasteiger partial charge in [-0.25, -0.2) is 0 Å². The third-order valence-corrected chi connectivity index (χ3v) is 4.29. The Hall–Kier alpha value is -1.27. The first kappa shape index (κ1) is 14.1. The first-order valence-corrected chi connectivity index (χ1v) is 7.45. The number of amides is 1. The molecule has 1 unspecified atom stereocenters. The van der Waals surface area contributed by atoms with Crippen molar-refractivity contribution in [1.29, 1.82) is 0 Å². The van der Waals surface area contributed by atoms with Gasteiger partial charge in [0, 0.05) is 31.5 Å². The van der Waals surface area contributed by atoms with Crippen molar-refractivity contribution in [3.8, 4) is 0 Å². The van der Waals surface area contributed by atoms with E-state index in [1.165, 1.54) is 6.07 Å². The second kappa shape index (κ2) is 6.77. The van der Waals surface area contributed by atoms with Gasteiger partial charge in [-0.05, 0) is 18.2 Å². The summed E-state index contributed by atoms with van der Waals surface area (Å²) in [7, 11) is 1.62. The van der Waals surface area contributed by atoms with E-state index < -0.39 is 0 Å². The van der Waals surface area contributed by atoms with Crippen LogP contribution in [0.15, 0.2) is 23.0 Å². The first-order valence-electron chi connectivity index (χ1n) is 6.29. The summed E-state index contributed by atoms with van der Waals surface area (Å²) in [5.41, 5.74) is 0.0961. The van der Waals surface area contributed by atoms with Crippen LogP contribution in [-0.2, 0) is 4.74 Å². The predicted octanol–water partition coefficient (Wildman–Crippen LogP) is 0.969. The lowest BCUT2D eigenvalue weighted by atomic mass is 10.2. The van der Waals surface area contributed by atoms with E-state index >= 15 is 0 Å². The zero-order valence-corrected chi connectivity index (χ0v) is 11.7. The molecule has 0 saturated carbocycles. The number of hydrogen-bond acceptors (Lipinski definition) is 4. The molecule has 2 heterocycles. The summed E-state index contributed by atoms with van der Waals surface area (Å²) in [5.74, 6) is 1.90. The number of nitrogens with zero attached hydrogens (tertiary/aromatic N) is 1. The molecule has 1 aliphatic rings. The van der Waals surface area contributed by atoms with Crippen molar-refractivity contribution in [3.63, 3.8) is 0 Å². The SMILES string of the molecule is COCCN(C(=O)c1cccc(=O)[nH]1)C1CCSC1. The van der Waals surface area contributed by atoms with Crippen molar-refractivity contribution in [2.24, 2.45) is 0 Å². The Morgan fingerprint density at radius 2 is 2.42 bits per heavy atom. The quantitative estimate of drug-likeness (QED) is 0.874. The van der Waals surface area contributed by atoms with Gasteiger partial charge in [0.1, 0.15) is 5.69 Å². The average molecular weight is 282 g/mol. The van der Waals surface area contributed by atoms with Crippen LogP contribution in [0.25, 0.3) is 0 Å². The molecule has 0 bridgehead atoms. The number of aromatic amines is 1. The number of ether oxygens (including phenoxy) is 1. The number of carbonyl (C=O) groups excluding carboxylic acids is 1. The average Bonchev–Trinajstić information content (AvgIpc) is 2.93. The fraction of sp³-hybridized carbons (Fsp3) is 0.538. The molecule has 0 aliphatic carbocycles. The summed E-state index contributed by atoms with van der Waals surface area (Å²) < 4.78 is 5.07. The third kappa shape index (κ3) is 3.61. The molecule has 5 nitrogen and oxygen atoms in total. The molecule has 1 N–H and O–H groups in total. The van der Waals surface area contributed by atoms with Gasteiger partial charge < -0.3 is 14.6 Å². The number of thioether (sulfide) groups is 1. The molecular formula is C13H18N2O3S. The van der Waals surface area contributed by atoms with E-state index in [0.29, 0.717) is 18.8 Å². The van der Waals surface area contributed by atoms with E-state index in [-0.39, 0.29) is 17.5 Å². The Labute approximate surface area is 116 Å². The molecule has 6 heteroatoms. The summed E-state index contributed by atoms with van der Waals surface area (Å²) in [6, 6.07) is 4.88. The van der Waals surface area contributed by atoms with E-state index in [4.69, 9.17) is 4.74 Å². The lowest BCUT2D eigenvalue weighted by Crippen LogP contribution is -2.43. The Kier molecular flexibility index (Phi) is 5.04. The van der Waals surface area contributed by atoms with Gasteiger partial charge in [-0.15, -0.1) is 0 Å². The van der Waals surface area contributed by atoms with Gasteiger partial charge >= 0.3 is 0 Å². The van der Waals surface area contributed by atoms with Crippen LogP contribution in [0.4, 0.5) is 0 Å².